The fourth-order valence-corrected chi connectivity index (χ4v) is 1.51. The van der Waals surface area contributed by atoms with Gasteiger partial charge in [0.1, 0.15) is 0 Å². The molecule has 1 heterocycles. The largest absolute Gasteiger partial charge is 0.478 e. The lowest BCUT2D eigenvalue weighted by molar-refractivity contribution is 0.325. The van der Waals surface area contributed by atoms with Gasteiger partial charge in [-0.25, -0.2) is 4.98 Å². The molecule has 2 heteroatoms. The highest BCUT2D eigenvalue weighted by Crippen LogP contribution is 2.20. The van der Waals surface area contributed by atoms with Crippen molar-refractivity contribution in [2.24, 2.45) is 0 Å². The second-order valence-corrected chi connectivity index (χ2v) is 3.52. The summed E-state index contributed by atoms with van der Waals surface area (Å²) in [4.78, 5) is 4.46. The Morgan fingerprint density at radius 1 is 1.36 bits per heavy atom. The van der Waals surface area contributed by atoms with E-state index in [4.69, 9.17) is 4.74 Å². The van der Waals surface area contributed by atoms with E-state index in [9.17, 15) is 0 Å². The molecule has 0 saturated carbocycles. The molecule has 2 nitrogen and oxygen atoms in total. The minimum atomic E-state index is 0.528. The van der Waals surface area contributed by atoms with Crippen LogP contribution in [-0.4, -0.2) is 11.6 Å². The molecule has 1 aromatic rings. The van der Waals surface area contributed by atoms with E-state index in [0.717, 1.165) is 11.6 Å². The lowest BCUT2D eigenvalue weighted by Crippen LogP contribution is -2.00. The van der Waals surface area contributed by atoms with Gasteiger partial charge in [0.2, 0.25) is 5.88 Å². The van der Waals surface area contributed by atoms with Gasteiger partial charge in [0.05, 0.1) is 6.61 Å². The number of aromatic nitrogens is 1. The van der Waals surface area contributed by atoms with Crippen LogP contribution in [0.4, 0.5) is 0 Å². The Kier molecular flexibility index (Phi) is 4.44. The fourth-order valence-electron chi connectivity index (χ4n) is 1.51. The SMILES string of the molecule is CCCC(C)c1cccc(OCC)n1. The molecular formula is C12H19NO. The second kappa shape index (κ2) is 5.63. The molecular weight excluding hydrogens is 174 g/mol. The van der Waals surface area contributed by atoms with Crippen molar-refractivity contribution in [3.8, 4) is 5.88 Å². The molecule has 1 atom stereocenters. The van der Waals surface area contributed by atoms with Crippen LogP contribution < -0.4 is 4.74 Å². The Balaban J connectivity index is 2.71. The average Bonchev–Trinajstić information content (AvgIpc) is 2.19. The zero-order valence-electron chi connectivity index (χ0n) is 9.29. The van der Waals surface area contributed by atoms with Gasteiger partial charge in [0, 0.05) is 11.8 Å². The fraction of sp³-hybridized carbons (Fsp3) is 0.583. The average molecular weight is 193 g/mol. The first-order valence-electron chi connectivity index (χ1n) is 5.37. The zero-order chi connectivity index (χ0) is 10.4. The summed E-state index contributed by atoms with van der Waals surface area (Å²) < 4.78 is 5.36. The molecule has 78 valence electrons. The number of hydrogen-bond acceptors (Lipinski definition) is 2. The van der Waals surface area contributed by atoms with Crippen LogP contribution in [0.25, 0.3) is 0 Å². The van der Waals surface area contributed by atoms with Crippen LogP contribution in [0.3, 0.4) is 0 Å². The maximum atomic E-state index is 5.36. The smallest absolute Gasteiger partial charge is 0.213 e. The summed E-state index contributed by atoms with van der Waals surface area (Å²) in [5.41, 5.74) is 1.14. The first-order valence-corrected chi connectivity index (χ1v) is 5.37. The van der Waals surface area contributed by atoms with Crippen LogP contribution in [0.15, 0.2) is 18.2 Å². The van der Waals surface area contributed by atoms with Gasteiger partial charge in [-0.15, -0.1) is 0 Å². The number of hydrogen-bond donors (Lipinski definition) is 0. The predicted octanol–water partition coefficient (Wildman–Crippen LogP) is 3.38. The molecule has 0 aliphatic rings. The maximum Gasteiger partial charge on any atom is 0.213 e. The minimum Gasteiger partial charge on any atom is -0.478 e. The van der Waals surface area contributed by atoms with Crippen molar-refractivity contribution in [1.29, 1.82) is 0 Å². The van der Waals surface area contributed by atoms with Gasteiger partial charge in [-0.2, -0.15) is 0 Å². The number of rotatable bonds is 5. The van der Waals surface area contributed by atoms with Crippen molar-refractivity contribution in [2.75, 3.05) is 6.61 Å². The van der Waals surface area contributed by atoms with E-state index in [-0.39, 0.29) is 0 Å². The lowest BCUT2D eigenvalue weighted by Gasteiger charge is -2.10. The topological polar surface area (TPSA) is 22.1 Å². The third-order valence-corrected chi connectivity index (χ3v) is 2.26. The Bertz CT molecular complexity index is 273. The van der Waals surface area contributed by atoms with Gasteiger partial charge in [-0.05, 0) is 25.3 Å². The summed E-state index contributed by atoms with van der Waals surface area (Å²) in [6, 6.07) is 5.99. The first-order chi connectivity index (χ1) is 6.77. The van der Waals surface area contributed by atoms with Crippen LogP contribution in [0.5, 0.6) is 5.88 Å². The third kappa shape index (κ3) is 3.02. The van der Waals surface area contributed by atoms with Crippen molar-refractivity contribution in [3.63, 3.8) is 0 Å². The van der Waals surface area contributed by atoms with Crippen molar-refractivity contribution < 1.29 is 4.74 Å². The van der Waals surface area contributed by atoms with Gasteiger partial charge in [0.15, 0.2) is 0 Å². The molecule has 1 unspecified atom stereocenters. The van der Waals surface area contributed by atoms with Gasteiger partial charge in [-0.3, -0.25) is 0 Å². The zero-order valence-corrected chi connectivity index (χ0v) is 9.29. The highest BCUT2D eigenvalue weighted by molar-refractivity contribution is 5.18. The summed E-state index contributed by atoms with van der Waals surface area (Å²) in [7, 11) is 0. The van der Waals surface area contributed by atoms with E-state index in [0.29, 0.717) is 12.5 Å². The molecule has 0 aromatic carbocycles. The minimum absolute atomic E-state index is 0.528. The molecule has 0 bridgehead atoms. The molecule has 0 aliphatic heterocycles. The van der Waals surface area contributed by atoms with Crippen molar-refractivity contribution in [2.45, 2.75) is 39.5 Å². The first kappa shape index (κ1) is 11.0. The van der Waals surface area contributed by atoms with Gasteiger partial charge in [0.25, 0.3) is 0 Å². The Morgan fingerprint density at radius 3 is 2.79 bits per heavy atom. The standard InChI is InChI=1S/C12H19NO/c1-4-7-10(3)11-8-6-9-12(13-11)14-5-2/h6,8-10H,4-5,7H2,1-3H3. The molecule has 0 amide bonds. The van der Waals surface area contributed by atoms with Gasteiger partial charge < -0.3 is 4.74 Å². The number of nitrogens with zero attached hydrogens (tertiary/aromatic N) is 1. The molecule has 0 saturated heterocycles. The Hall–Kier alpha value is -1.05. The summed E-state index contributed by atoms with van der Waals surface area (Å²) in [5.74, 6) is 1.27. The van der Waals surface area contributed by atoms with Gasteiger partial charge >= 0.3 is 0 Å². The van der Waals surface area contributed by atoms with Crippen molar-refractivity contribution >= 4 is 0 Å². The second-order valence-electron chi connectivity index (χ2n) is 3.52. The van der Waals surface area contributed by atoms with E-state index in [2.05, 4.69) is 24.9 Å². The Morgan fingerprint density at radius 2 is 2.14 bits per heavy atom. The van der Waals surface area contributed by atoms with Crippen LogP contribution in [0, 0.1) is 0 Å². The van der Waals surface area contributed by atoms with E-state index < -0.39 is 0 Å². The maximum absolute atomic E-state index is 5.36. The Labute approximate surface area is 86.3 Å². The van der Waals surface area contributed by atoms with Crippen LogP contribution >= 0.6 is 0 Å². The molecule has 0 fully saturated rings. The van der Waals surface area contributed by atoms with E-state index in [1.165, 1.54) is 12.8 Å². The summed E-state index contributed by atoms with van der Waals surface area (Å²) in [5, 5.41) is 0. The molecule has 0 N–H and O–H groups in total. The van der Waals surface area contributed by atoms with Crippen LogP contribution in [0.2, 0.25) is 0 Å². The van der Waals surface area contributed by atoms with Crippen LogP contribution in [-0.2, 0) is 0 Å². The highest BCUT2D eigenvalue weighted by atomic mass is 16.5. The number of ether oxygens (including phenoxy) is 1. The van der Waals surface area contributed by atoms with Gasteiger partial charge in [-0.1, -0.05) is 26.3 Å². The molecule has 1 rings (SSSR count). The van der Waals surface area contributed by atoms with Crippen LogP contribution in [0.1, 0.15) is 45.2 Å². The lowest BCUT2D eigenvalue weighted by atomic mass is 10.0. The molecule has 14 heavy (non-hydrogen) atoms. The number of pyridine rings is 1. The summed E-state index contributed by atoms with van der Waals surface area (Å²) in [6.07, 6.45) is 2.38. The third-order valence-electron chi connectivity index (χ3n) is 2.26. The molecule has 0 spiro atoms. The quantitative estimate of drug-likeness (QED) is 0.715. The van der Waals surface area contributed by atoms with Crippen molar-refractivity contribution in [1.82, 2.24) is 4.98 Å². The van der Waals surface area contributed by atoms with E-state index in [1.807, 2.05) is 19.1 Å². The highest BCUT2D eigenvalue weighted by Gasteiger charge is 2.06. The normalized spacial score (nSPS) is 12.5. The molecule has 0 radical (unpaired) electrons. The summed E-state index contributed by atoms with van der Waals surface area (Å²) in [6.45, 7) is 7.06. The predicted molar refractivity (Wildman–Crippen MR) is 58.7 cm³/mol. The molecule has 1 aromatic heterocycles. The monoisotopic (exact) mass is 193 g/mol. The molecule has 0 aliphatic carbocycles. The van der Waals surface area contributed by atoms with E-state index >= 15 is 0 Å². The van der Waals surface area contributed by atoms with Crippen molar-refractivity contribution in [3.05, 3.63) is 23.9 Å². The van der Waals surface area contributed by atoms with E-state index in [1.54, 1.807) is 0 Å². The summed E-state index contributed by atoms with van der Waals surface area (Å²) >= 11 is 0.